The summed E-state index contributed by atoms with van der Waals surface area (Å²) in [5.41, 5.74) is 7.34. The zero-order chi connectivity index (χ0) is 18.6. The summed E-state index contributed by atoms with van der Waals surface area (Å²) >= 11 is 0. The monoisotopic (exact) mass is 435 g/mol. The Morgan fingerprint density at radius 1 is 0.826 bits per heavy atom. The fraction of sp³-hybridized carbons (Fsp3) is 0.588. The molecule has 0 bridgehead atoms. The molecule has 0 aromatic heterocycles. The number of hydrogen-bond donors (Lipinski definition) is 2. The summed E-state index contributed by atoms with van der Waals surface area (Å²) in [7, 11) is 0.120. The van der Waals surface area contributed by atoms with Crippen LogP contribution in [0.25, 0.3) is 0 Å². The normalized spacial score (nSPS) is 8.30. The summed E-state index contributed by atoms with van der Waals surface area (Å²) in [6.45, 7) is 20.0. The molecular formula is C17H33O4PRh. The van der Waals surface area contributed by atoms with Gasteiger partial charge in [-0.25, -0.2) is 0 Å². The quantitative estimate of drug-likeness (QED) is 0.364. The van der Waals surface area contributed by atoms with Gasteiger partial charge in [-0.05, 0) is 7.92 Å². The molecule has 23 heavy (non-hydrogen) atoms. The third kappa shape index (κ3) is 21.3. The third-order valence-corrected chi connectivity index (χ3v) is 2.81. The van der Waals surface area contributed by atoms with Crippen LogP contribution in [0.15, 0.2) is 0 Å². The van der Waals surface area contributed by atoms with Crippen LogP contribution >= 0.6 is 7.92 Å². The standard InChI is InChI=1S/C10H15.C3H9P.2C2H4O2.Rh/c1-6-7(2)9(4)10(5)8(6)3;1-4(2)3;2*1-2(3)4;/h1-5H3;1-3H3;2*1H3,(H,3,4);/q-1;;;;/p+1. The maximum atomic E-state index is 9.00. The summed E-state index contributed by atoms with van der Waals surface area (Å²) in [6, 6.07) is 0. The molecule has 2 N–H and O–H groups in total. The molecule has 0 spiro atoms. The molecule has 6 heteroatoms. The van der Waals surface area contributed by atoms with Crippen molar-refractivity contribution < 1.29 is 39.3 Å². The molecule has 0 fully saturated rings. The van der Waals surface area contributed by atoms with Crippen LogP contribution in [0, 0.1) is 34.6 Å². The van der Waals surface area contributed by atoms with E-state index in [4.69, 9.17) is 19.8 Å². The van der Waals surface area contributed by atoms with Gasteiger partial charge in [0, 0.05) is 53.3 Å². The second-order valence-electron chi connectivity index (χ2n) is 5.66. The first-order chi connectivity index (χ1) is 9.75. The number of carboxylic acids is 2. The number of hydrogen-bond acceptors (Lipinski definition) is 2. The molecule has 1 aromatic rings. The first-order valence-electron chi connectivity index (χ1n) is 7.11. The Balaban J connectivity index is -0.000000118. The van der Waals surface area contributed by atoms with E-state index < -0.39 is 11.9 Å². The van der Waals surface area contributed by atoms with Gasteiger partial charge >= 0.3 is 0 Å². The Morgan fingerprint density at radius 2 is 0.957 bits per heavy atom. The summed E-state index contributed by atoms with van der Waals surface area (Å²) < 4.78 is 0. The molecular weight excluding hydrogens is 402 g/mol. The number of aliphatic carboxylic acids is 2. The molecule has 0 aliphatic carbocycles. The van der Waals surface area contributed by atoms with Crippen molar-refractivity contribution >= 4 is 19.9 Å². The zero-order valence-corrected chi connectivity index (χ0v) is 18.7. The number of carbonyl (C=O) groups is 2. The minimum Gasteiger partial charge on any atom is -0.481 e. The SMILES string of the molecule is CC(=O)O.CC(=O)O.C[PH+](C)C.Cc1c(C)c(C)[c-](C)c1C.[Rh]. The fourth-order valence-corrected chi connectivity index (χ4v) is 1.41. The Kier molecular flexibility index (Phi) is 21.3. The van der Waals surface area contributed by atoms with E-state index in [1.165, 1.54) is 27.8 Å². The molecule has 1 aromatic carbocycles. The van der Waals surface area contributed by atoms with E-state index in [0.717, 1.165) is 13.8 Å². The first kappa shape index (κ1) is 30.2. The maximum Gasteiger partial charge on any atom is 0.300 e. The summed E-state index contributed by atoms with van der Waals surface area (Å²) in [6.07, 6.45) is 0. The largest absolute Gasteiger partial charge is 0.481 e. The van der Waals surface area contributed by atoms with Crippen molar-refractivity contribution in [2.24, 2.45) is 0 Å². The van der Waals surface area contributed by atoms with E-state index in [0.29, 0.717) is 0 Å². The summed E-state index contributed by atoms with van der Waals surface area (Å²) in [4.78, 5) is 18.0. The van der Waals surface area contributed by atoms with E-state index in [2.05, 4.69) is 54.6 Å². The van der Waals surface area contributed by atoms with Crippen molar-refractivity contribution in [1.82, 2.24) is 0 Å². The first-order valence-corrected chi connectivity index (χ1v) is 10.1. The smallest absolute Gasteiger partial charge is 0.300 e. The van der Waals surface area contributed by atoms with Crippen LogP contribution in [-0.2, 0) is 29.1 Å². The summed E-state index contributed by atoms with van der Waals surface area (Å²) in [5.74, 6) is -1.67. The van der Waals surface area contributed by atoms with Crippen LogP contribution in [0.3, 0.4) is 0 Å². The average molecular weight is 435 g/mol. The second kappa shape index (κ2) is 16.2. The molecule has 0 heterocycles. The Morgan fingerprint density at radius 3 is 1.00 bits per heavy atom. The van der Waals surface area contributed by atoms with Gasteiger partial charge in [0.05, 0.1) is 0 Å². The van der Waals surface area contributed by atoms with Gasteiger partial charge in [-0.1, -0.05) is 34.6 Å². The van der Waals surface area contributed by atoms with E-state index in [-0.39, 0.29) is 27.4 Å². The number of rotatable bonds is 0. The van der Waals surface area contributed by atoms with E-state index in [1.54, 1.807) is 0 Å². The van der Waals surface area contributed by atoms with Gasteiger partial charge in [-0.2, -0.15) is 27.8 Å². The predicted molar refractivity (Wildman–Crippen MR) is 98.4 cm³/mol. The van der Waals surface area contributed by atoms with Gasteiger partial charge in [-0.3, -0.25) is 9.59 Å². The molecule has 4 nitrogen and oxygen atoms in total. The van der Waals surface area contributed by atoms with Gasteiger partial charge in [-0.15, -0.1) is 0 Å². The molecule has 139 valence electrons. The molecule has 0 unspecified atom stereocenters. The van der Waals surface area contributed by atoms with Crippen LogP contribution in [0.1, 0.15) is 41.7 Å². The van der Waals surface area contributed by atoms with Gasteiger partial charge < -0.3 is 10.2 Å². The fourth-order valence-electron chi connectivity index (χ4n) is 1.41. The van der Waals surface area contributed by atoms with Gasteiger partial charge in [0.25, 0.3) is 11.9 Å². The van der Waals surface area contributed by atoms with Gasteiger partial charge in [0.2, 0.25) is 0 Å². The maximum absolute atomic E-state index is 9.00. The average Bonchev–Trinajstić information content (AvgIpc) is 2.45. The molecule has 1 rings (SSSR count). The van der Waals surface area contributed by atoms with Crippen LogP contribution in [0.4, 0.5) is 0 Å². The predicted octanol–water partition coefficient (Wildman–Crippen LogP) is 4.22. The van der Waals surface area contributed by atoms with Crippen molar-refractivity contribution in [3.8, 4) is 0 Å². The minimum atomic E-state index is -0.833. The molecule has 0 aliphatic rings. The molecule has 1 radical (unpaired) electrons. The van der Waals surface area contributed by atoms with Crippen molar-refractivity contribution in [2.45, 2.75) is 48.5 Å². The minimum absolute atomic E-state index is 0. The van der Waals surface area contributed by atoms with Gasteiger partial charge in [0.1, 0.15) is 0 Å². The van der Waals surface area contributed by atoms with E-state index in [9.17, 15) is 0 Å². The Hall–Kier alpha value is -0.657. The van der Waals surface area contributed by atoms with Crippen LogP contribution in [0.5, 0.6) is 0 Å². The van der Waals surface area contributed by atoms with Crippen LogP contribution in [0.2, 0.25) is 0 Å². The molecule has 0 amide bonds. The molecule has 0 saturated carbocycles. The Labute approximate surface area is 155 Å². The van der Waals surface area contributed by atoms with E-state index >= 15 is 0 Å². The molecule has 0 saturated heterocycles. The molecule has 0 aliphatic heterocycles. The topological polar surface area (TPSA) is 74.6 Å². The van der Waals surface area contributed by atoms with Crippen molar-refractivity contribution in [2.75, 3.05) is 20.0 Å². The van der Waals surface area contributed by atoms with Crippen molar-refractivity contribution in [3.63, 3.8) is 0 Å². The zero-order valence-electron chi connectivity index (χ0n) is 16.0. The summed E-state index contributed by atoms with van der Waals surface area (Å²) in [5, 5.41) is 14.8. The van der Waals surface area contributed by atoms with Crippen LogP contribution < -0.4 is 0 Å². The Bertz CT molecular complexity index is 363. The molecule has 0 atom stereocenters. The second-order valence-corrected chi connectivity index (χ2v) is 8.66. The van der Waals surface area contributed by atoms with Gasteiger partial charge in [0.15, 0.2) is 0 Å². The third-order valence-electron chi connectivity index (χ3n) is 2.81. The van der Waals surface area contributed by atoms with Crippen molar-refractivity contribution in [1.29, 1.82) is 0 Å². The van der Waals surface area contributed by atoms with Crippen LogP contribution in [-0.4, -0.2) is 42.1 Å². The van der Waals surface area contributed by atoms with E-state index in [1.807, 2.05) is 0 Å². The van der Waals surface area contributed by atoms with Crippen molar-refractivity contribution in [3.05, 3.63) is 27.8 Å². The number of carboxylic acid groups (broad SMARTS) is 2.